The van der Waals surface area contributed by atoms with Gasteiger partial charge >= 0.3 is 0 Å². The van der Waals surface area contributed by atoms with Crippen LogP contribution in [0.5, 0.6) is 0 Å². The topological polar surface area (TPSA) is 73.2 Å². The Morgan fingerprint density at radius 2 is 1.89 bits per heavy atom. The molecule has 2 amide bonds. The Hall–Kier alpha value is -2.56. The number of thioether (sulfide) groups is 1. The summed E-state index contributed by atoms with van der Waals surface area (Å²) in [5.74, 6) is -0.645. The van der Waals surface area contributed by atoms with Gasteiger partial charge in [-0.3, -0.25) is 14.5 Å². The zero-order chi connectivity index (χ0) is 19.4. The van der Waals surface area contributed by atoms with E-state index in [4.69, 9.17) is 0 Å². The van der Waals surface area contributed by atoms with E-state index in [1.165, 1.54) is 23.7 Å². The normalized spacial score (nSPS) is 18.2. The Morgan fingerprint density at radius 1 is 1.22 bits per heavy atom. The summed E-state index contributed by atoms with van der Waals surface area (Å²) < 4.78 is 0.878. The highest BCUT2D eigenvalue weighted by molar-refractivity contribution is 9.10. The molecule has 1 aliphatic rings. The maximum absolute atomic E-state index is 13.2. The van der Waals surface area contributed by atoms with Crippen LogP contribution < -0.4 is 10.2 Å². The van der Waals surface area contributed by atoms with Crippen molar-refractivity contribution in [2.45, 2.75) is 11.7 Å². The number of carbonyl (C=O) groups excluding carboxylic acids is 2. The van der Waals surface area contributed by atoms with E-state index in [2.05, 4.69) is 21.2 Å². The van der Waals surface area contributed by atoms with Crippen LogP contribution in [-0.4, -0.2) is 24.1 Å². The Bertz CT molecular complexity index is 936. The molecule has 7 heteroatoms. The van der Waals surface area contributed by atoms with Crippen LogP contribution in [0.1, 0.15) is 5.56 Å². The largest absolute Gasteiger partial charge is 0.354 e. The highest BCUT2D eigenvalue weighted by Gasteiger charge is 2.40. The number of hydrogen-bond acceptors (Lipinski definition) is 4. The number of nitriles is 1. The van der Waals surface area contributed by atoms with E-state index >= 15 is 0 Å². The molecule has 3 rings (SSSR count). The van der Waals surface area contributed by atoms with Gasteiger partial charge in [-0.25, -0.2) is 0 Å². The molecule has 2 aromatic carbocycles. The zero-order valence-electron chi connectivity index (χ0n) is 14.5. The van der Waals surface area contributed by atoms with Crippen molar-refractivity contribution in [2.24, 2.45) is 0 Å². The molecule has 2 aromatic rings. The van der Waals surface area contributed by atoms with Gasteiger partial charge in [0.25, 0.3) is 5.91 Å². The van der Waals surface area contributed by atoms with Crippen LogP contribution in [0.15, 0.2) is 69.7 Å². The van der Waals surface area contributed by atoms with Crippen LogP contribution in [-0.2, 0) is 16.0 Å². The van der Waals surface area contributed by atoms with E-state index in [0.717, 1.165) is 10.0 Å². The minimum Gasteiger partial charge on any atom is -0.354 e. The molecule has 1 heterocycles. The molecule has 0 aliphatic carbocycles. The third-order valence-electron chi connectivity index (χ3n) is 4.08. The molecule has 27 heavy (non-hydrogen) atoms. The van der Waals surface area contributed by atoms with Crippen LogP contribution in [0.3, 0.4) is 0 Å². The maximum Gasteiger partial charge on any atom is 0.264 e. The van der Waals surface area contributed by atoms with Crippen LogP contribution in [0.2, 0.25) is 0 Å². The van der Waals surface area contributed by atoms with Crippen molar-refractivity contribution in [1.82, 2.24) is 5.32 Å². The monoisotopic (exact) mass is 441 g/mol. The Balaban J connectivity index is 2.04. The van der Waals surface area contributed by atoms with Crippen molar-refractivity contribution >= 4 is 45.2 Å². The summed E-state index contributed by atoms with van der Waals surface area (Å²) >= 11 is 4.64. The van der Waals surface area contributed by atoms with E-state index < -0.39 is 11.2 Å². The van der Waals surface area contributed by atoms with E-state index in [9.17, 15) is 14.9 Å². The molecule has 1 saturated heterocycles. The lowest BCUT2D eigenvalue weighted by molar-refractivity contribution is -0.117. The lowest BCUT2D eigenvalue weighted by Crippen LogP contribution is -2.31. The lowest BCUT2D eigenvalue weighted by atomic mass is 10.1. The summed E-state index contributed by atoms with van der Waals surface area (Å²) in [4.78, 5) is 26.8. The quantitative estimate of drug-likeness (QED) is 0.580. The van der Waals surface area contributed by atoms with Crippen LogP contribution in [0.25, 0.3) is 0 Å². The third-order valence-corrected chi connectivity index (χ3v) is 5.87. The van der Waals surface area contributed by atoms with Gasteiger partial charge in [-0.05, 0) is 36.2 Å². The summed E-state index contributed by atoms with van der Waals surface area (Å²) in [5, 5.41) is 12.0. The van der Waals surface area contributed by atoms with Crippen molar-refractivity contribution in [1.29, 1.82) is 5.26 Å². The highest BCUT2D eigenvalue weighted by Crippen LogP contribution is 2.42. The third kappa shape index (κ3) is 4.07. The second-order valence-electron chi connectivity index (χ2n) is 5.82. The van der Waals surface area contributed by atoms with Crippen molar-refractivity contribution in [3.05, 3.63) is 75.2 Å². The molecule has 0 unspecified atom stereocenters. The number of rotatable bonds is 4. The number of halogens is 1. The predicted octanol–water partition coefficient (Wildman–Crippen LogP) is 3.62. The highest BCUT2D eigenvalue weighted by atomic mass is 79.9. The summed E-state index contributed by atoms with van der Waals surface area (Å²) in [6.07, 6.45) is 0.521. The summed E-state index contributed by atoms with van der Waals surface area (Å²) in [5.41, 5.74) is 1.59. The average molecular weight is 442 g/mol. The van der Waals surface area contributed by atoms with Crippen LogP contribution in [0.4, 0.5) is 5.69 Å². The maximum atomic E-state index is 13.2. The van der Waals surface area contributed by atoms with Crippen molar-refractivity contribution in [3.8, 4) is 6.07 Å². The van der Waals surface area contributed by atoms with Gasteiger partial charge in [0.05, 0.1) is 5.25 Å². The minimum atomic E-state index is -0.504. The second kappa shape index (κ2) is 8.42. The number of anilines is 1. The van der Waals surface area contributed by atoms with E-state index in [1.807, 2.05) is 48.5 Å². The van der Waals surface area contributed by atoms with Gasteiger partial charge in [-0.1, -0.05) is 58.0 Å². The molecular weight excluding hydrogens is 426 g/mol. The minimum absolute atomic E-state index is 0.0608. The standard InChI is InChI=1S/C20H16BrN3O2S/c1-23-18(25)16(12-22)20-24(15-9-7-14(21)8-10-15)19(26)17(27-20)11-13-5-3-2-4-6-13/h2-10,17H,11H2,1H3,(H,23,25)/b20-16-/t17-/m0/s1. The fourth-order valence-corrected chi connectivity index (χ4v) is 4.34. The average Bonchev–Trinajstić information content (AvgIpc) is 3.00. The second-order valence-corrected chi connectivity index (χ2v) is 7.92. The Labute approximate surface area is 170 Å². The summed E-state index contributed by atoms with van der Waals surface area (Å²) in [6.45, 7) is 0. The molecule has 1 fully saturated rings. The number of hydrogen-bond donors (Lipinski definition) is 1. The number of nitrogens with one attached hydrogen (secondary N) is 1. The first-order valence-electron chi connectivity index (χ1n) is 8.21. The number of likely N-dealkylation sites (N-methyl/N-ethyl adjacent to an activating group) is 1. The molecule has 1 N–H and O–H groups in total. The predicted molar refractivity (Wildman–Crippen MR) is 110 cm³/mol. The lowest BCUT2D eigenvalue weighted by Gasteiger charge is -2.18. The number of benzene rings is 2. The molecule has 1 aliphatic heterocycles. The fourth-order valence-electron chi connectivity index (χ4n) is 2.77. The van der Waals surface area contributed by atoms with Gasteiger partial charge < -0.3 is 5.32 Å². The van der Waals surface area contributed by atoms with Crippen molar-refractivity contribution in [2.75, 3.05) is 11.9 Å². The molecule has 5 nitrogen and oxygen atoms in total. The molecule has 0 saturated carbocycles. The van der Waals surface area contributed by atoms with E-state index in [1.54, 1.807) is 12.1 Å². The first kappa shape index (κ1) is 19.2. The molecule has 136 valence electrons. The molecule has 1 atom stereocenters. The smallest absolute Gasteiger partial charge is 0.264 e. The number of carbonyl (C=O) groups is 2. The molecule has 0 bridgehead atoms. The van der Waals surface area contributed by atoms with Gasteiger partial charge in [0.15, 0.2) is 0 Å². The van der Waals surface area contributed by atoms with Gasteiger partial charge in [0, 0.05) is 17.2 Å². The van der Waals surface area contributed by atoms with Crippen molar-refractivity contribution < 1.29 is 9.59 Å². The Kier molecular flexibility index (Phi) is 5.99. The fraction of sp³-hybridized carbons (Fsp3) is 0.150. The first-order chi connectivity index (χ1) is 13.0. The first-order valence-corrected chi connectivity index (χ1v) is 9.89. The van der Waals surface area contributed by atoms with Crippen LogP contribution in [0, 0.1) is 11.3 Å². The van der Waals surface area contributed by atoms with E-state index in [-0.39, 0.29) is 11.5 Å². The molecular formula is C20H16BrN3O2S. The zero-order valence-corrected chi connectivity index (χ0v) is 16.9. The van der Waals surface area contributed by atoms with E-state index in [0.29, 0.717) is 17.1 Å². The van der Waals surface area contributed by atoms with Crippen molar-refractivity contribution in [3.63, 3.8) is 0 Å². The van der Waals surface area contributed by atoms with Gasteiger partial charge in [-0.15, -0.1) is 0 Å². The molecule has 0 aromatic heterocycles. The van der Waals surface area contributed by atoms with Crippen LogP contribution >= 0.6 is 27.7 Å². The van der Waals surface area contributed by atoms with Gasteiger partial charge in [0.1, 0.15) is 16.7 Å². The summed E-state index contributed by atoms with van der Waals surface area (Å²) in [7, 11) is 1.47. The number of nitrogens with zero attached hydrogens (tertiary/aromatic N) is 2. The molecule has 0 spiro atoms. The Morgan fingerprint density at radius 3 is 2.48 bits per heavy atom. The molecule has 0 radical (unpaired) electrons. The SMILES string of the molecule is CNC(=O)/C(C#N)=C1\S[C@@H](Cc2ccccc2)C(=O)N1c1ccc(Br)cc1. The summed E-state index contributed by atoms with van der Waals surface area (Å²) in [6, 6.07) is 18.9. The van der Waals surface area contributed by atoms with Gasteiger partial charge in [0.2, 0.25) is 5.91 Å². The van der Waals surface area contributed by atoms with Gasteiger partial charge in [-0.2, -0.15) is 5.26 Å². The number of amides is 2.